The monoisotopic (exact) mass is 910 g/mol. The number of hydrogen-bond donors (Lipinski definition) is 0. The Hall–Kier alpha value is -2.02. The SMILES string of the molecule is Cc1c(-c2cc(C(C)(C)C)cc3c2Op2oc4c(S(C)(C)C)cc(C(C)(C)C)cc4c4cc(C(C)(C)C)cc(c4o2)S(C)(C)CS3(C)C)cc(C(C)(C)C)cc1S(C)(C)C. The van der Waals surface area contributed by atoms with Gasteiger partial charge in [0.05, 0.1) is 0 Å². The summed E-state index contributed by atoms with van der Waals surface area (Å²) < 4.78 is 22.6. The largest absolute Gasteiger partial charge is 0.453 e. The van der Waals surface area contributed by atoms with Crippen molar-refractivity contribution >= 4 is 70.3 Å². The molecular formula is C52H79O3PS4. The highest BCUT2D eigenvalue weighted by Gasteiger charge is 2.36. The molecule has 0 aliphatic carbocycles. The third-order valence-electron chi connectivity index (χ3n) is 12.2. The van der Waals surface area contributed by atoms with Crippen molar-refractivity contribution in [3.8, 4) is 16.9 Å². The van der Waals surface area contributed by atoms with E-state index in [0.717, 1.165) is 38.3 Å². The van der Waals surface area contributed by atoms with Crippen molar-refractivity contribution in [1.82, 2.24) is 0 Å². The number of fused-ring (bicyclic) bond motifs is 4. The van der Waals surface area contributed by atoms with Crippen LogP contribution in [-0.2, 0) is 21.7 Å². The van der Waals surface area contributed by atoms with Crippen molar-refractivity contribution in [3.05, 3.63) is 76.3 Å². The molecule has 0 fully saturated rings. The molecule has 1 aromatic heterocycles. The van der Waals surface area contributed by atoms with Gasteiger partial charge >= 0.3 is 8.24 Å². The first kappa shape index (κ1) is 47.5. The van der Waals surface area contributed by atoms with E-state index >= 15 is 0 Å². The topological polar surface area (TPSA) is 35.5 Å². The first-order valence-corrected chi connectivity index (χ1v) is 33.3. The third kappa shape index (κ3) is 9.15. The highest BCUT2D eigenvalue weighted by molar-refractivity contribution is 8.48. The molecule has 1 atom stereocenters. The molecule has 0 spiro atoms. The minimum absolute atomic E-state index is 0.0307. The van der Waals surface area contributed by atoms with Gasteiger partial charge in [-0.05, 0) is 172 Å². The maximum absolute atomic E-state index is 7.65. The Morgan fingerprint density at radius 1 is 0.483 bits per heavy atom. The summed E-state index contributed by atoms with van der Waals surface area (Å²) in [5, 5.41) is 3.32. The van der Waals surface area contributed by atoms with Gasteiger partial charge in [-0.15, -0.1) is 0 Å². The average Bonchev–Trinajstić information content (AvgIpc) is 3.20. The van der Waals surface area contributed by atoms with Crippen LogP contribution < -0.4 is 4.52 Å². The van der Waals surface area contributed by atoms with Gasteiger partial charge in [0.2, 0.25) is 0 Å². The van der Waals surface area contributed by atoms with Gasteiger partial charge in [-0.25, -0.2) is 40.1 Å². The molecule has 2 bridgehead atoms. The number of benzene rings is 4. The van der Waals surface area contributed by atoms with Gasteiger partial charge in [-0.1, -0.05) is 89.2 Å². The van der Waals surface area contributed by atoms with Crippen LogP contribution in [-0.4, -0.2) is 67.6 Å². The Balaban J connectivity index is 1.91. The highest BCUT2D eigenvalue weighted by atomic mass is 32.3. The van der Waals surface area contributed by atoms with E-state index in [1.165, 1.54) is 53.0 Å². The molecule has 1 aliphatic heterocycles. The van der Waals surface area contributed by atoms with E-state index in [2.05, 4.69) is 201 Å². The van der Waals surface area contributed by atoms with Crippen molar-refractivity contribution in [3.63, 3.8) is 0 Å². The second-order valence-electron chi connectivity index (χ2n) is 24.1. The molecule has 0 saturated carbocycles. The Bertz CT molecular complexity index is 2550. The molecule has 1 aliphatic rings. The van der Waals surface area contributed by atoms with E-state index in [9.17, 15) is 0 Å². The van der Waals surface area contributed by atoms with Gasteiger partial charge in [0.15, 0.2) is 16.9 Å². The van der Waals surface area contributed by atoms with E-state index < -0.39 is 48.4 Å². The molecule has 0 N–H and O–H groups in total. The van der Waals surface area contributed by atoms with Crippen molar-refractivity contribution in [2.75, 3.05) is 67.6 Å². The fraction of sp³-hybridized carbons (Fsp3) is 0.538. The molecule has 1 unspecified atom stereocenters. The maximum Gasteiger partial charge on any atom is 0.453 e. The summed E-state index contributed by atoms with van der Waals surface area (Å²) in [5.41, 5.74) is 10.7. The second kappa shape index (κ2) is 15.0. The number of rotatable bonds is 3. The Labute approximate surface area is 372 Å². The van der Waals surface area contributed by atoms with Crippen molar-refractivity contribution in [2.45, 2.75) is 131 Å². The van der Waals surface area contributed by atoms with Crippen LogP contribution >= 0.6 is 48.4 Å². The van der Waals surface area contributed by atoms with Crippen molar-refractivity contribution in [1.29, 1.82) is 0 Å². The zero-order chi connectivity index (χ0) is 45.3. The van der Waals surface area contributed by atoms with Crippen molar-refractivity contribution in [2.24, 2.45) is 0 Å². The van der Waals surface area contributed by atoms with Crippen LogP contribution in [0.4, 0.5) is 0 Å². The lowest BCUT2D eigenvalue weighted by Gasteiger charge is -2.45. The van der Waals surface area contributed by atoms with E-state index in [-0.39, 0.29) is 21.7 Å². The summed E-state index contributed by atoms with van der Waals surface area (Å²) in [5.74, 6) is 0.934. The van der Waals surface area contributed by atoms with Crippen LogP contribution in [0.2, 0.25) is 0 Å². The standard InChI is InChI=1S/C52H79O3PS4/c1-33-38(24-34(49(2,3)4)28-42(33)57(14,15)16)39-25-36(51(8,9)10)30-44-47(39)54-56-53-46-40(26-35(50(5,6)7)29-43(46)58(17,18)19)41-27-37(52(11,12)13)31-45(48(41)55-56)60(22,23)32-59(44,20)21/h24-31H,32H2,1-23H3. The lowest BCUT2D eigenvalue weighted by atomic mass is 9.82. The van der Waals surface area contributed by atoms with E-state index in [1.807, 2.05) is 0 Å². The van der Waals surface area contributed by atoms with E-state index in [1.54, 1.807) is 0 Å². The summed E-state index contributed by atoms with van der Waals surface area (Å²) in [6, 6.07) is 19.7. The van der Waals surface area contributed by atoms with Gasteiger partial charge in [-0.2, -0.15) is 0 Å². The lowest BCUT2D eigenvalue weighted by molar-refractivity contribution is 0.487. The molecule has 5 aromatic rings. The minimum atomic E-state index is -1.94. The summed E-state index contributed by atoms with van der Waals surface area (Å²) in [4.78, 5) is 5.36. The van der Waals surface area contributed by atoms with Gasteiger partial charge in [0, 0.05) is 36.1 Å². The van der Waals surface area contributed by atoms with Crippen LogP contribution in [0.25, 0.3) is 33.1 Å². The first-order valence-electron chi connectivity index (χ1n) is 21.3. The summed E-state index contributed by atoms with van der Waals surface area (Å²) in [7, 11) is -7.20. The van der Waals surface area contributed by atoms with Crippen LogP contribution in [0.3, 0.4) is 0 Å². The Kier molecular flexibility index (Phi) is 11.9. The molecule has 60 heavy (non-hydrogen) atoms. The van der Waals surface area contributed by atoms with Crippen LogP contribution in [0.5, 0.6) is 5.75 Å². The highest BCUT2D eigenvalue weighted by Crippen LogP contribution is 2.69. The van der Waals surface area contributed by atoms with Crippen molar-refractivity contribution < 1.29 is 12.9 Å². The van der Waals surface area contributed by atoms with Crippen LogP contribution in [0.15, 0.2) is 76.5 Å². The van der Waals surface area contributed by atoms with Gasteiger partial charge in [0.1, 0.15) is 0 Å². The lowest BCUT2D eigenvalue weighted by Crippen LogP contribution is -2.17. The zero-order valence-electron chi connectivity index (χ0n) is 41.6. The predicted octanol–water partition coefficient (Wildman–Crippen LogP) is 17.2. The molecule has 0 amide bonds. The van der Waals surface area contributed by atoms with Gasteiger partial charge in [-0.3, -0.25) is 0 Å². The summed E-state index contributed by atoms with van der Waals surface area (Å²) >= 11 is 0. The number of hydrogen-bond acceptors (Lipinski definition) is 3. The third-order valence-corrected chi connectivity index (χ3v) is 24.2. The fourth-order valence-corrected chi connectivity index (χ4v) is 21.6. The first-order chi connectivity index (χ1) is 26.9. The van der Waals surface area contributed by atoms with Crippen LogP contribution in [0.1, 0.15) is 111 Å². The Morgan fingerprint density at radius 2 is 0.867 bits per heavy atom. The van der Waals surface area contributed by atoms with Gasteiger partial charge < -0.3 is 12.9 Å². The summed E-state index contributed by atoms with van der Waals surface area (Å²) in [6.45, 7) is 30.4. The van der Waals surface area contributed by atoms with Gasteiger partial charge in [0.25, 0.3) is 0 Å². The molecular weight excluding hydrogens is 832 g/mol. The average molecular weight is 911 g/mol. The fourth-order valence-electron chi connectivity index (χ4n) is 8.44. The summed E-state index contributed by atoms with van der Waals surface area (Å²) in [6.07, 6.45) is 24.6. The second-order valence-corrected chi connectivity index (χ2v) is 41.3. The van der Waals surface area contributed by atoms with Crippen LogP contribution in [0, 0.1) is 6.92 Å². The molecule has 4 aromatic carbocycles. The molecule has 0 saturated heterocycles. The zero-order valence-corrected chi connectivity index (χ0v) is 45.8. The molecule has 3 nitrogen and oxygen atoms in total. The maximum atomic E-state index is 7.65. The molecule has 8 heteroatoms. The normalized spacial score (nSPS) is 18.1. The molecule has 0 radical (unpaired) electrons. The predicted molar refractivity (Wildman–Crippen MR) is 281 cm³/mol. The quantitative estimate of drug-likeness (QED) is 0.181. The molecule has 334 valence electrons. The van der Waals surface area contributed by atoms with E-state index in [0.29, 0.717) is 0 Å². The Morgan fingerprint density at radius 3 is 1.37 bits per heavy atom. The molecule has 2 heterocycles. The smallest absolute Gasteiger partial charge is 0.389 e. The molecule has 6 rings (SSSR count). The minimum Gasteiger partial charge on any atom is -0.389 e. The van der Waals surface area contributed by atoms with E-state index in [4.69, 9.17) is 12.9 Å².